The number of unbranched alkanes of at least 4 members (excludes halogenated alkanes) is 1. The minimum atomic E-state index is -0.284. The lowest BCUT2D eigenvalue weighted by atomic mass is 9.89. The van der Waals surface area contributed by atoms with E-state index in [9.17, 15) is 4.79 Å². The number of nitrogens with one attached hydrogen (secondary N) is 1. The molecule has 0 rings (SSSR count). The predicted octanol–water partition coefficient (Wildman–Crippen LogP) is 1.95. The van der Waals surface area contributed by atoms with Gasteiger partial charge in [-0.15, -0.1) is 0 Å². The molecule has 0 aliphatic rings. The first-order valence-corrected chi connectivity index (χ1v) is 6.13. The zero-order valence-electron chi connectivity index (χ0n) is 11.5. The lowest BCUT2D eigenvalue weighted by Gasteiger charge is -2.25. The predicted molar refractivity (Wildman–Crippen MR) is 69.1 cm³/mol. The van der Waals surface area contributed by atoms with Crippen LogP contribution in [0.1, 0.15) is 53.4 Å². The van der Waals surface area contributed by atoms with Crippen molar-refractivity contribution in [2.75, 3.05) is 6.54 Å². The van der Waals surface area contributed by atoms with Crippen molar-refractivity contribution in [3.8, 4) is 6.07 Å². The van der Waals surface area contributed by atoms with E-state index < -0.39 is 0 Å². The fraction of sp³-hybridized carbons (Fsp3) is 0.846. The number of nitrogens with two attached hydrogens (primary N) is 1. The molecule has 0 spiro atoms. The maximum Gasteiger partial charge on any atom is 0.219 e. The molecule has 17 heavy (non-hydrogen) atoms. The first kappa shape index (κ1) is 15.9. The van der Waals surface area contributed by atoms with Crippen molar-refractivity contribution < 1.29 is 4.79 Å². The van der Waals surface area contributed by atoms with Gasteiger partial charge in [0.2, 0.25) is 5.91 Å². The van der Waals surface area contributed by atoms with Crippen molar-refractivity contribution in [2.24, 2.45) is 11.1 Å². The average molecular weight is 239 g/mol. The van der Waals surface area contributed by atoms with Gasteiger partial charge in [-0.1, -0.05) is 6.42 Å². The van der Waals surface area contributed by atoms with E-state index in [1.165, 1.54) is 0 Å². The number of amides is 1. The first-order valence-electron chi connectivity index (χ1n) is 6.13. The van der Waals surface area contributed by atoms with Crippen LogP contribution in [0, 0.1) is 16.7 Å². The maximum atomic E-state index is 10.8. The Labute approximate surface area is 105 Å². The van der Waals surface area contributed by atoms with Crippen molar-refractivity contribution in [1.82, 2.24) is 5.32 Å². The number of nitrogens with zero attached hydrogens (tertiary/aromatic N) is 1. The van der Waals surface area contributed by atoms with Crippen LogP contribution in [0.15, 0.2) is 0 Å². The number of nitriles is 1. The lowest BCUT2D eigenvalue weighted by molar-refractivity contribution is -0.119. The van der Waals surface area contributed by atoms with Crippen LogP contribution >= 0.6 is 0 Å². The third kappa shape index (κ3) is 8.70. The maximum absolute atomic E-state index is 10.8. The molecule has 0 fully saturated rings. The van der Waals surface area contributed by atoms with Gasteiger partial charge in [0.25, 0.3) is 0 Å². The summed E-state index contributed by atoms with van der Waals surface area (Å²) in [7, 11) is 0. The van der Waals surface area contributed by atoms with Gasteiger partial charge in [-0.25, -0.2) is 0 Å². The summed E-state index contributed by atoms with van der Waals surface area (Å²) in [5.74, 6) is -0.284. The van der Waals surface area contributed by atoms with Crippen LogP contribution in [0.2, 0.25) is 0 Å². The van der Waals surface area contributed by atoms with E-state index in [0.29, 0.717) is 6.42 Å². The highest BCUT2D eigenvalue weighted by atomic mass is 16.1. The number of primary amides is 1. The summed E-state index contributed by atoms with van der Waals surface area (Å²) in [6.07, 6.45) is 3.27. The molecule has 0 saturated carbocycles. The fourth-order valence-electron chi connectivity index (χ4n) is 1.67. The van der Waals surface area contributed by atoms with Crippen LogP contribution < -0.4 is 11.1 Å². The summed E-state index contributed by atoms with van der Waals surface area (Å²) in [5.41, 5.74) is 4.70. The monoisotopic (exact) mass is 239 g/mol. The molecular formula is C13H25N3O. The van der Waals surface area contributed by atoms with Crippen LogP contribution in [0.5, 0.6) is 0 Å². The second-order valence-electron chi connectivity index (χ2n) is 5.91. The van der Waals surface area contributed by atoms with E-state index in [1.54, 1.807) is 0 Å². The van der Waals surface area contributed by atoms with Crippen LogP contribution in [0.3, 0.4) is 0 Å². The molecule has 0 atom stereocenters. The number of carbonyl (C=O) groups excluding carboxylic acids is 1. The van der Waals surface area contributed by atoms with Crippen LogP contribution in [-0.4, -0.2) is 18.0 Å². The molecule has 0 aromatic heterocycles. The molecule has 0 aromatic carbocycles. The second kappa shape index (κ2) is 6.61. The van der Waals surface area contributed by atoms with Gasteiger partial charge < -0.3 is 11.1 Å². The van der Waals surface area contributed by atoms with Gasteiger partial charge in [-0.05, 0) is 47.1 Å². The molecule has 0 unspecified atom stereocenters. The van der Waals surface area contributed by atoms with E-state index in [1.807, 2.05) is 27.7 Å². The Morgan fingerprint density at radius 2 is 1.88 bits per heavy atom. The average Bonchev–Trinajstić information content (AvgIpc) is 2.14. The van der Waals surface area contributed by atoms with Gasteiger partial charge in [0, 0.05) is 12.0 Å². The molecule has 4 heteroatoms. The van der Waals surface area contributed by atoms with Crippen molar-refractivity contribution in [1.29, 1.82) is 5.26 Å². The van der Waals surface area contributed by atoms with Crippen LogP contribution in [0.4, 0.5) is 0 Å². The number of rotatable bonds is 8. The minimum Gasteiger partial charge on any atom is -0.370 e. The van der Waals surface area contributed by atoms with Gasteiger partial charge >= 0.3 is 0 Å². The molecule has 1 amide bonds. The Kier molecular flexibility index (Phi) is 6.19. The molecule has 0 heterocycles. The summed E-state index contributed by atoms with van der Waals surface area (Å²) in [4.78, 5) is 10.8. The summed E-state index contributed by atoms with van der Waals surface area (Å²) < 4.78 is 0. The normalized spacial score (nSPS) is 12.2. The Morgan fingerprint density at radius 1 is 1.29 bits per heavy atom. The van der Waals surface area contributed by atoms with Crippen molar-refractivity contribution >= 4 is 5.91 Å². The minimum absolute atomic E-state index is 0.233. The highest BCUT2D eigenvalue weighted by molar-refractivity contribution is 5.74. The summed E-state index contributed by atoms with van der Waals surface area (Å²) >= 11 is 0. The smallest absolute Gasteiger partial charge is 0.219 e. The van der Waals surface area contributed by atoms with Gasteiger partial charge in [-0.2, -0.15) is 5.26 Å². The zero-order valence-corrected chi connectivity index (χ0v) is 11.5. The van der Waals surface area contributed by atoms with E-state index in [4.69, 9.17) is 11.0 Å². The van der Waals surface area contributed by atoms with Gasteiger partial charge in [0.05, 0.1) is 11.5 Å². The van der Waals surface area contributed by atoms with Gasteiger partial charge in [-0.3, -0.25) is 4.79 Å². The topological polar surface area (TPSA) is 78.9 Å². The molecule has 0 aliphatic carbocycles. The number of carbonyl (C=O) groups is 1. The van der Waals surface area contributed by atoms with Gasteiger partial charge in [0.15, 0.2) is 0 Å². The Morgan fingerprint density at radius 3 is 2.35 bits per heavy atom. The standard InChI is InChI=1S/C13H25N3O/c1-12(2,10-14)7-5-6-8-16-13(3,4)9-11(15)17/h16H,5-9H2,1-4H3,(H2,15,17). The summed E-state index contributed by atoms with van der Waals surface area (Å²) in [5, 5.41) is 12.2. The molecule has 0 saturated heterocycles. The van der Waals surface area contributed by atoms with E-state index in [-0.39, 0.29) is 16.9 Å². The van der Waals surface area contributed by atoms with E-state index in [0.717, 1.165) is 25.8 Å². The van der Waals surface area contributed by atoms with Crippen LogP contribution in [0.25, 0.3) is 0 Å². The summed E-state index contributed by atoms with van der Waals surface area (Å²) in [6, 6.07) is 2.29. The zero-order chi connectivity index (χ0) is 13.5. The molecule has 3 N–H and O–H groups in total. The summed E-state index contributed by atoms with van der Waals surface area (Å²) in [6.45, 7) is 8.70. The Hall–Kier alpha value is -1.08. The molecule has 0 bridgehead atoms. The van der Waals surface area contributed by atoms with Crippen molar-refractivity contribution in [3.05, 3.63) is 0 Å². The van der Waals surface area contributed by atoms with Crippen LogP contribution in [-0.2, 0) is 4.79 Å². The lowest BCUT2D eigenvalue weighted by Crippen LogP contribution is -2.43. The third-order valence-electron chi connectivity index (χ3n) is 2.75. The van der Waals surface area contributed by atoms with E-state index in [2.05, 4.69) is 11.4 Å². The van der Waals surface area contributed by atoms with Gasteiger partial charge in [0.1, 0.15) is 0 Å². The first-order chi connectivity index (χ1) is 7.68. The molecule has 98 valence electrons. The third-order valence-corrected chi connectivity index (χ3v) is 2.75. The molecule has 0 radical (unpaired) electrons. The second-order valence-corrected chi connectivity index (χ2v) is 5.91. The van der Waals surface area contributed by atoms with E-state index >= 15 is 0 Å². The number of hydrogen-bond acceptors (Lipinski definition) is 3. The highest BCUT2D eigenvalue weighted by Gasteiger charge is 2.19. The Bertz CT molecular complexity index is 290. The fourth-order valence-corrected chi connectivity index (χ4v) is 1.67. The molecular weight excluding hydrogens is 214 g/mol. The molecule has 4 nitrogen and oxygen atoms in total. The van der Waals surface area contributed by atoms with Crippen molar-refractivity contribution in [3.63, 3.8) is 0 Å². The SMILES string of the molecule is CC(C)(C#N)CCCCNC(C)(C)CC(N)=O. The van der Waals surface area contributed by atoms with Crippen molar-refractivity contribution in [2.45, 2.75) is 58.9 Å². The molecule has 0 aromatic rings. The largest absolute Gasteiger partial charge is 0.370 e. The quantitative estimate of drug-likeness (QED) is 0.635. The molecule has 0 aliphatic heterocycles. The Balaban J connectivity index is 3.72. The number of hydrogen-bond donors (Lipinski definition) is 2. The highest BCUT2D eigenvalue weighted by Crippen LogP contribution is 2.21.